The molecule has 0 saturated heterocycles. The molecule has 7 nitrogen and oxygen atoms in total. The second kappa shape index (κ2) is 9.64. The summed E-state index contributed by atoms with van der Waals surface area (Å²) in [6.07, 6.45) is 8.87. The summed E-state index contributed by atoms with van der Waals surface area (Å²) < 4.78 is 30.5. The quantitative estimate of drug-likeness (QED) is 0.398. The second-order valence-electron chi connectivity index (χ2n) is 12.6. The average Bonchev–Trinajstić information content (AvgIpc) is 3.09. The highest BCUT2D eigenvalue weighted by Gasteiger charge is 2.62. The van der Waals surface area contributed by atoms with E-state index in [0.29, 0.717) is 41.9 Å². The van der Waals surface area contributed by atoms with Crippen molar-refractivity contribution in [3.8, 4) is 0 Å². The predicted molar refractivity (Wildman–Crippen MR) is 130 cm³/mol. The van der Waals surface area contributed by atoms with Crippen LogP contribution in [0.5, 0.6) is 0 Å². The number of carbonyl (C=O) groups is 1. The lowest BCUT2D eigenvalue weighted by Gasteiger charge is -2.62. The highest BCUT2D eigenvalue weighted by Crippen LogP contribution is 2.68. The van der Waals surface area contributed by atoms with E-state index < -0.39 is 15.9 Å². The molecule has 8 heteroatoms. The van der Waals surface area contributed by atoms with E-state index in [1.807, 2.05) is 0 Å². The first-order chi connectivity index (χ1) is 15.8. The zero-order valence-electron chi connectivity index (χ0n) is 21.1. The van der Waals surface area contributed by atoms with Crippen molar-refractivity contribution in [1.82, 2.24) is 5.32 Å². The lowest BCUT2D eigenvalue weighted by Crippen LogP contribution is -2.58. The number of aliphatic hydroxyl groups excluding tert-OH is 2. The fraction of sp³-hybridized carbons (Fsp3) is 0.962. The van der Waals surface area contributed by atoms with Gasteiger partial charge in [0.1, 0.15) is 0 Å². The number of nitrogens with one attached hydrogen (secondary N) is 1. The van der Waals surface area contributed by atoms with Crippen LogP contribution in [0.3, 0.4) is 0 Å². The number of amides is 1. The molecular formula is C26H45NO6S. The van der Waals surface area contributed by atoms with E-state index in [4.69, 9.17) is 4.55 Å². The maximum Gasteiger partial charge on any atom is 0.266 e. The summed E-state index contributed by atoms with van der Waals surface area (Å²) >= 11 is 0. The zero-order valence-corrected chi connectivity index (χ0v) is 21.9. The number of hydrogen-bond donors (Lipinski definition) is 4. The molecule has 1 amide bonds. The molecule has 4 fully saturated rings. The third kappa shape index (κ3) is 4.94. The van der Waals surface area contributed by atoms with Gasteiger partial charge in [0.15, 0.2) is 0 Å². The van der Waals surface area contributed by atoms with Gasteiger partial charge in [0.05, 0.1) is 18.0 Å². The minimum Gasteiger partial charge on any atom is -0.393 e. The van der Waals surface area contributed by atoms with Gasteiger partial charge in [-0.2, -0.15) is 8.42 Å². The minimum atomic E-state index is -4.06. The van der Waals surface area contributed by atoms with Crippen molar-refractivity contribution in [2.24, 2.45) is 46.3 Å². The monoisotopic (exact) mass is 499 g/mol. The van der Waals surface area contributed by atoms with Crippen molar-refractivity contribution in [2.75, 3.05) is 12.3 Å². The number of rotatable bonds is 7. The number of carbonyl (C=O) groups excluding carboxylic acids is 1. The SMILES string of the molecule is C[C@@H](CCC(=O)NCCS(=O)(=O)O)[C@@H]1CC[C@@H]2[C@@H]3[C@@H](CC[C@]21C)[C@]1(C)CC[C@H](O)CC1C[C@@H]3O. The molecule has 4 aliphatic rings. The van der Waals surface area contributed by atoms with Crippen molar-refractivity contribution >= 4 is 16.0 Å². The van der Waals surface area contributed by atoms with Crippen LogP contribution in [0.1, 0.15) is 85.0 Å². The van der Waals surface area contributed by atoms with Gasteiger partial charge in [0, 0.05) is 13.0 Å². The van der Waals surface area contributed by atoms with Gasteiger partial charge in [-0.1, -0.05) is 20.8 Å². The molecule has 4 N–H and O–H groups in total. The Morgan fingerprint density at radius 3 is 2.41 bits per heavy atom. The highest BCUT2D eigenvalue weighted by molar-refractivity contribution is 7.85. The molecule has 4 rings (SSSR count). The number of aliphatic hydroxyl groups is 2. The van der Waals surface area contributed by atoms with Crippen molar-refractivity contribution in [1.29, 1.82) is 0 Å². The largest absolute Gasteiger partial charge is 0.393 e. The van der Waals surface area contributed by atoms with Crippen molar-refractivity contribution < 1.29 is 28.0 Å². The third-order valence-electron chi connectivity index (χ3n) is 10.9. The highest BCUT2D eigenvalue weighted by atomic mass is 32.2. The van der Waals surface area contributed by atoms with Gasteiger partial charge in [-0.3, -0.25) is 9.35 Å². The Morgan fingerprint density at radius 1 is 1.03 bits per heavy atom. The lowest BCUT2D eigenvalue weighted by atomic mass is 9.43. The fourth-order valence-corrected chi connectivity index (χ4v) is 9.50. The maximum absolute atomic E-state index is 12.2. The van der Waals surface area contributed by atoms with E-state index in [2.05, 4.69) is 26.1 Å². The minimum absolute atomic E-state index is 0.0625. The summed E-state index contributed by atoms with van der Waals surface area (Å²) in [4.78, 5) is 12.2. The van der Waals surface area contributed by atoms with E-state index in [1.165, 1.54) is 6.42 Å². The third-order valence-corrected chi connectivity index (χ3v) is 11.6. The molecule has 0 heterocycles. The first kappa shape index (κ1) is 26.4. The fourth-order valence-electron chi connectivity index (χ4n) is 9.14. The molecule has 1 unspecified atom stereocenters. The van der Waals surface area contributed by atoms with Crippen molar-refractivity contribution in [3.63, 3.8) is 0 Å². The topological polar surface area (TPSA) is 124 Å². The van der Waals surface area contributed by atoms with Crippen LogP contribution in [0.15, 0.2) is 0 Å². The normalized spacial score (nSPS) is 45.1. The Bertz CT molecular complexity index is 863. The molecule has 4 aliphatic carbocycles. The van der Waals surface area contributed by atoms with Crippen molar-refractivity contribution in [3.05, 3.63) is 0 Å². The van der Waals surface area contributed by atoms with Gasteiger partial charge >= 0.3 is 0 Å². The molecule has 0 aromatic heterocycles. The van der Waals surface area contributed by atoms with Crippen LogP contribution in [0.2, 0.25) is 0 Å². The summed E-state index contributed by atoms with van der Waals surface area (Å²) in [5, 5.41) is 24.2. The molecule has 34 heavy (non-hydrogen) atoms. The standard InChI is InChI=1S/C26H45NO6S/c1-16(4-7-23(30)27-12-13-34(31,32)33)19-5-6-20-24-21(9-11-26(19,20)3)25(2)10-8-18(28)14-17(25)15-22(24)29/h16-22,24,28-29H,4-15H2,1-3H3,(H,27,30)(H,31,32,33)/t16-,17?,18-,19-,20+,21+,22-,24+,25+,26-/m0/s1. The smallest absolute Gasteiger partial charge is 0.266 e. The maximum atomic E-state index is 12.2. The summed E-state index contributed by atoms with van der Waals surface area (Å²) in [5.41, 5.74) is 0.411. The molecule has 0 aliphatic heterocycles. The first-order valence-corrected chi connectivity index (χ1v) is 15.0. The summed E-state index contributed by atoms with van der Waals surface area (Å²) in [6, 6.07) is 0. The van der Waals surface area contributed by atoms with Crippen LogP contribution in [0.4, 0.5) is 0 Å². The van der Waals surface area contributed by atoms with Gasteiger partial charge in [-0.05, 0) is 104 Å². The molecule has 0 aromatic carbocycles. The first-order valence-electron chi connectivity index (χ1n) is 13.4. The molecule has 4 saturated carbocycles. The van der Waals surface area contributed by atoms with E-state index in [0.717, 1.165) is 51.4 Å². The summed E-state index contributed by atoms with van der Waals surface area (Å²) in [6.45, 7) is 7.05. The summed E-state index contributed by atoms with van der Waals surface area (Å²) in [5.74, 6) is 2.10. The molecule has 0 bridgehead atoms. The Balaban J connectivity index is 1.39. The van der Waals surface area contributed by atoms with Crippen LogP contribution in [0, 0.1) is 46.3 Å². The second-order valence-corrected chi connectivity index (χ2v) is 14.2. The Hall–Kier alpha value is -0.700. The number of fused-ring (bicyclic) bond motifs is 5. The summed E-state index contributed by atoms with van der Waals surface area (Å²) in [7, 11) is -4.06. The predicted octanol–water partition coefficient (Wildman–Crippen LogP) is 3.40. The van der Waals surface area contributed by atoms with Gasteiger partial charge in [0.25, 0.3) is 10.1 Å². The Morgan fingerprint density at radius 2 is 1.71 bits per heavy atom. The van der Waals surface area contributed by atoms with E-state index >= 15 is 0 Å². The molecule has 0 spiro atoms. The van der Waals surface area contributed by atoms with E-state index in [-0.39, 0.29) is 35.5 Å². The van der Waals surface area contributed by atoms with Gasteiger partial charge in [0.2, 0.25) is 5.91 Å². The molecule has 196 valence electrons. The molecule has 0 aromatic rings. The average molecular weight is 500 g/mol. The van der Waals surface area contributed by atoms with E-state index in [9.17, 15) is 23.4 Å². The Labute approximate surface area is 205 Å². The number of hydrogen-bond acceptors (Lipinski definition) is 5. The van der Waals surface area contributed by atoms with Crippen LogP contribution in [0.25, 0.3) is 0 Å². The zero-order chi connectivity index (χ0) is 24.9. The van der Waals surface area contributed by atoms with Crippen LogP contribution in [-0.4, -0.2) is 53.6 Å². The van der Waals surface area contributed by atoms with E-state index in [1.54, 1.807) is 0 Å². The van der Waals surface area contributed by atoms with Crippen LogP contribution < -0.4 is 5.32 Å². The van der Waals surface area contributed by atoms with Crippen LogP contribution in [-0.2, 0) is 14.9 Å². The van der Waals surface area contributed by atoms with Gasteiger partial charge < -0.3 is 15.5 Å². The molecular weight excluding hydrogens is 454 g/mol. The molecule has 0 radical (unpaired) electrons. The van der Waals surface area contributed by atoms with Gasteiger partial charge in [-0.15, -0.1) is 0 Å². The Kier molecular flexibility index (Phi) is 7.47. The van der Waals surface area contributed by atoms with Crippen molar-refractivity contribution in [2.45, 2.75) is 97.2 Å². The molecule has 10 atom stereocenters. The van der Waals surface area contributed by atoms with Crippen LogP contribution >= 0.6 is 0 Å². The lowest BCUT2D eigenvalue weighted by molar-refractivity contribution is -0.174. The van der Waals surface area contributed by atoms with Gasteiger partial charge in [-0.25, -0.2) is 0 Å².